The van der Waals surface area contributed by atoms with E-state index in [1.807, 2.05) is 29.1 Å². The molecule has 1 N–H and O–H groups in total. The SMILES string of the molecule is CC(NCc1ccn(-c2ccccc2)n1)C1CCCO1. The van der Waals surface area contributed by atoms with Gasteiger partial charge in [0, 0.05) is 25.4 Å². The summed E-state index contributed by atoms with van der Waals surface area (Å²) >= 11 is 0. The van der Waals surface area contributed by atoms with E-state index in [0.717, 1.165) is 31.0 Å². The molecule has 1 saturated heterocycles. The highest BCUT2D eigenvalue weighted by atomic mass is 16.5. The Balaban J connectivity index is 1.57. The average molecular weight is 271 g/mol. The third-order valence-electron chi connectivity index (χ3n) is 3.79. The molecule has 2 aromatic rings. The molecule has 3 rings (SSSR count). The van der Waals surface area contributed by atoms with Crippen LogP contribution in [0.2, 0.25) is 0 Å². The zero-order valence-corrected chi connectivity index (χ0v) is 11.8. The van der Waals surface area contributed by atoms with E-state index in [0.29, 0.717) is 12.1 Å². The van der Waals surface area contributed by atoms with Gasteiger partial charge in [-0.2, -0.15) is 5.10 Å². The lowest BCUT2D eigenvalue weighted by molar-refractivity contribution is 0.0831. The highest BCUT2D eigenvalue weighted by Crippen LogP contribution is 2.15. The Kier molecular flexibility index (Phi) is 4.14. The predicted molar refractivity (Wildman–Crippen MR) is 78.8 cm³/mol. The third-order valence-corrected chi connectivity index (χ3v) is 3.79. The molecular weight excluding hydrogens is 250 g/mol. The Hall–Kier alpha value is -1.65. The highest BCUT2D eigenvalue weighted by molar-refractivity contribution is 5.30. The topological polar surface area (TPSA) is 39.1 Å². The summed E-state index contributed by atoms with van der Waals surface area (Å²) < 4.78 is 7.60. The lowest BCUT2D eigenvalue weighted by Crippen LogP contribution is -2.36. The van der Waals surface area contributed by atoms with E-state index in [1.54, 1.807) is 0 Å². The van der Waals surface area contributed by atoms with Crippen LogP contribution in [0.5, 0.6) is 0 Å². The first-order chi connectivity index (χ1) is 9.83. The number of rotatable bonds is 5. The number of benzene rings is 1. The average Bonchev–Trinajstić information content (AvgIpc) is 3.17. The molecule has 2 atom stereocenters. The van der Waals surface area contributed by atoms with Crippen LogP contribution in [0.4, 0.5) is 0 Å². The summed E-state index contributed by atoms with van der Waals surface area (Å²) in [6.45, 7) is 3.87. The first kappa shape index (κ1) is 13.3. The zero-order chi connectivity index (χ0) is 13.8. The smallest absolute Gasteiger partial charge is 0.0766 e. The second-order valence-corrected chi connectivity index (χ2v) is 5.31. The molecule has 2 unspecified atom stereocenters. The van der Waals surface area contributed by atoms with E-state index in [1.165, 1.54) is 6.42 Å². The second-order valence-electron chi connectivity index (χ2n) is 5.31. The van der Waals surface area contributed by atoms with E-state index in [9.17, 15) is 0 Å². The number of nitrogens with zero attached hydrogens (tertiary/aromatic N) is 2. The Morgan fingerprint density at radius 1 is 1.35 bits per heavy atom. The molecular formula is C16H21N3O. The number of para-hydroxylation sites is 1. The van der Waals surface area contributed by atoms with Gasteiger partial charge in [-0.05, 0) is 38.0 Å². The Morgan fingerprint density at radius 2 is 2.20 bits per heavy atom. The van der Waals surface area contributed by atoms with Gasteiger partial charge in [-0.1, -0.05) is 18.2 Å². The van der Waals surface area contributed by atoms with Crippen LogP contribution in [0.3, 0.4) is 0 Å². The molecule has 4 heteroatoms. The van der Waals surface area contributed by atoms with Crippen molar-refractivity contribution in [2.24, 2.45) is 0 Å². The van der Waals surface area contributed by atoms with Crippen LogP contribution in [0.1, 0.15) is 25.5 Å². The predicted octanol–water partition coefficient (Wildman–Crippen LogP) is 2.53. The molecule has 0 radical (unpaired) electrons. The second kappa shape index (κ2) is 6.20. The summed E-state index contributed by atoms with van der Waals surface area (Å²) in [5, 5.41) is 8.10. The standard InChI is InChI=1S/C16H21N3O/c1-13(16-8-5-11-20-16)17-12-14-9-10-19(18-14)15-6-3-2-4-7-15/h2-4,6-7,9-10,13,16-17H,5,8,11-12H2,1H3. The van der Waals surface area contributed by atoms with Crippen molar-refractivity contribution in [2.45, 2.75) is 38.5 Å². The summed E-state index contributed by atoms with van der Waals surface area (Å²) in [6.07, 6.45) is 4.70. The van der Waals surface area contributed by atoms with E-state index in [2.05, 4.69) is 35.5 Å². The van der Waals surface area contributed by atoms with Crippen molar-refractivity contribution >= 4 is 0 Å². The van der Waals surface area contributed by atoms with Gasteiger partial charge in [0.15, 0.2) is 0 Å². The molecule has 0 spiro atoms. The molecule has 106 valence electrons. The van der Waals surface area contributed by atoms with E-state index in [4.69, 9.17) is 4.74 Å². The van der Waals surface area contributed by atoms with Crippen molar-refractivity contribution in [3.05, 3.63) is 48.3 Å². The van der Waals surface area contributed by atoms with Gasteiger partial charge >= 0.3 is 0 Å². The van der Waals surface area contributed by atoms with Crippen molar-refractivity contribution in [3.8, 4) is 5.69 Å². The van der Waals surface area contributed by atoms with E-state index in [-0.39, 0.29) is 0 Å². The maximum atomic E-state index is 5.69. The molecule has 0 bridgehead atoms. The van der Waals surface area contributed by atoms with Crippen molar-refractivity contribution in [3.63, 3.8) is 0 Å². The van der Waals surface area contributed by atoms with Gasteiger partial charge in [-0.25, -0.2) is 4.68 Å². The first-order valence-corrected chi connectivity index (χ1v) is 7.28. The number of nitrogens with one attached hydrogen (secondary N) is 1. The maximum absolute atomic E-state index is 5.69. The Morgan fingerprint density at radius 3 is 2.95 bits per heavy atom. The zero-order valence-electron chi connectivity index (χ0n) is 11.8. The Bertz CT molecular complexity index is 532. The van der Waals surface area contributed by atoms with Crippen LogP contribution < -0.4 is 5.32 Å². The quantitative estimate of drug-likeness (QED) is 0.908. The molecule has 1 aliphatic heterocycles. The fraction of sp³-hybridized carbons (Fsp3) is 0.438. The van der Waals surface area contributed by atoms with Crippen LogP contribution in [0.25, 0.3) is 5.69 Å². The summed E-state index contributed by atoms with van der Waals surface area (Å²) in [6, 6.07) is 12.6. The van der Waals surface area contributed by atoms with Crippen molar-refractivity contribution < 1.29 is 4.74 Å². The minimum atomic E-state index is 0.353. The van der Waals surface area contributed by atoms with Crippen LogP contribution in [-0.4, -0.2) is 28.5 Å². The van der Waals surface area contributed by atoms with Gasteiger partial charge in [0.2, 0.25) is 0 Å². The van der Waals surface area contributed by atoms with Gasteiger partial charge in [0.1, 0.15) is 0 Å². The lowest BCUT2D eigenvalue weighted by atomic mass is 10.1. The first-order valence-electron chi connectivity index (χ1n) is 7.28. The van der Waals surface area contributed by atoms with Crippen molar-refractivity contribution in [1.82, 2.24) is 15.1 Å². The van der Waals surface area contributed by atoms with Crippen LogP contribution in [0, 0.1) is 0 Å². The summed E-state index contributed by atoms with van der Waals surface area (Å²) in [4.78, 5) is 0. The summed E-state index contributed by atoms with van der Waals surface area (Å²) in [5.41, 5.74) is 2.14. The van der Waals surface area contributed by atoms with Gasteiger partial charge in [0.25, 0.3) is 0 Å². The number of ether oxygens (including phenoxy) is 1. The highest BCUT2D eigenvalue weighted by Gasteiger charge is 2.21. The molecule has 1 fully saturated rings. The Labute approximate surface area is 119 Å². The number of aromatic nitrogens is 2. The van der Waals surface area contributed by atoms with Crippen molar-refractivity contribution in [2.75, 3.05) is 6.61 Å². The van der Waals surface area contributed by atoms with E-state index < -0.39 is 0 Å². The molecule has 2 heterocycles. The molecule has 1 aromatic heterocycles. The lowest BCUT2D eigenvalue weighted by Gasteiger charge is -2.19. The van der Waals surface area contributed by atoms with E-state index >= 15 is 0 Å². The van der Waals surface area contributed by atoms with Crippen molar-refractivity contribution in [1.29, 1.82) is 0 Å². The minimum absolute atomic E-state index is 0.353. The minimum Gasteiger partial charge on any atom is -0.377 e. The molecule has 20 heavy (non-hydrogen) atoms. The molecule has 1 aromatic carbocycles. The fourth-order valence-corrected chi connectivity index (χ4v) is 2.57. The third kappa shape index (κ3) is 3.08. The molecule has 4 nitrogen and oxygen atoms in total. The molecule has 0 aliphatic carbocycles. The van der Waals surface area contributed by atoms with Crippen LogP contribution >= 0.6 is 0 Å². The van der Waals surface area contributed by atoms with Crippen LogP contribution in [-0.2, 0) is 11.3 Å². The molecule has 1 aliphatic rings. The van der Waals surface area contributed by atoms with Gasteiger partial charge in [-0.15, -0.1) is 0 Å². The summed E-state index contributed by atoms with van der Waals surface area (Å²) in [7, 11) is 0. The van der Waals surface area contributed by atoms with Crippen LogP contribution in [0.15, 0.2) is 42.6 Å². The number of hydrogen-bond donors (Lipinski definition) is 1. The largest absolute Gasteiger partial charge is 0.377 e. The summed E-state index contributed by atoms with van der Waals surface area (Å²) in [5.74, 6) is 0. The van der Waals surface area contributed by atoms with Gasteiger partial charge < -0.3 is 10.1 Å². The molecule has 0 saturated carbocycles. The monoisotopic (exact) mass is 271 g/mol. The van der Waals surface area contributed by atoms with Gasteiger partial charge in [0.05, 0.1) is 17.5 Å². The fourth-order valence-electron chi connectivity index (χ4n) is 2.57. The number of hydrogen-bond acceptors (Lipinski definition) is 3. The normalized spacial score (nSPS) is 20.1. The maximum Gasteiger partial charge on any atom is 0.0766 e. The van der Waals surface area contributed by atoms with Gasteiger partial charge in [-0.3, -0.25) is 0 Å². The molecule has 0 amide bonds.